The summed E-state index contributed by atoms with van der Waals surface area (Å²) in [4.78, 5) is 24.9. The number of nitrogens with zero attached hydrogens (tertiary/aromatic N) is 6. The molecule has 0 aliphatic carbocycles. The molecular weight excluding hydrogens is 374 g/mol. The third-order valence-electron chi connectivity index (χ3n) is 5.11. The van der Waals surface area contributed by atoms with Crippen molar-refractivity contribution in [1.82, 2.24) is 25.1 Å². The molecule has 0 atom stereocenters. The highest BCUT2D eigenvalue weighted by atomic mass is 32.1. The molecule has 152 valence electrons. The number of aromatic nitrogens is 1. The van der Waals surface area contributed by atoms with Crippen LogP contribution >= 0.6 is 12.2 Å². The number of fused-ring (bicyclic) bond motifs is 1. The van der Waals surface area contributed by atoms with E-state index in [1.54, 1.807) is 18.0 Å². The number of carbonyl (C=O) groups excluding carboxylic acids is 1. The van der Waals surface area contributed by atoms with Crippen LogP contribution in [0.25, 0.3) is 0 Å². The number of hydrogen-bond acceptors (Lipinski definition) is 6. The number of piperazine rings is 1. The second-order valence-electron chi connectivity index (χ2n) is 7.40. The molecule has 2 aliphatic heterocycles. The van der Waals surface area contributed by atoms with Gasteiger partial charge in [0, 0.05) is 65.4 Å². The number of anilines is 1. The molecule has 9 heteroatoms. The van der Waals surface area contributed by atoms with Gasteiger partial charge in [-0.25, -0.2) is 0 Å². The van der Waals surface area contributed by atoms with Crippen LogP contribution in [0.1, 0.15) is 19.0 Å². The fourth-order valence-corrected chi connectivity index (χ4v) is 3.66. The molecule has 0 radical (unpaired) electrons. The summed E-state index contributed by atoms with van der Waals surface area (Å²) in [5, 5.41) is 5.18. The molecule has 1 aromatic rings. The number of rotatable bonds is 4. The summed E-state index contributed by atoms with van der Waals surface area (Å²) in [6, 6.07) is 3.75. The van der Waals surface area contributed by atoms with Crippen LogP contribution in [-0.2, 0) is 4.79 Å². The van der Waals surface area contributed by atoms with Crippen LogP contribution in [0.15, 0.2) is 23.4 Å². The van der Waals surface area contributed by atoms with Crippen molar-refractivity contribution in [3.63, 3.8) is 0 Å². The van der Waals surface area contributed by atoms with Crippen LogP contribution in [-0.4, -0.2) is 96.3 Å². The summed E-state index contributed by atoms with van der Waals surface area (Å²) in [7, 11) is 4.20. The molecule has 0 unspecified atom stereocenters. The predicted molar refractivity (Wildman–Crippen MR) is 116 cm³/mol. The van der Waals surface area contributed by atoms with Gasteiger partial charge in [0.15, 0.2) is 5.11 Å². The molecule has 8 nitrogen and oxygen atoms in total. The minimum absolute atomic E-state index is 0.0175. The third-order valence-corrected chi connectivity index (χ3v) is 5.46. The molecule has 28 heavy (non-hydrogen) atoms. The monoisotopic (exact) mass is 403 g/mol. The number of hydrogen-bond donors (Lipinski definition) is 1. The number of hydrazone groups is 1. The van der Waals surface area contributed by atoms with Crippen molar-refractivity contribution in [3.8, 4) is 0 Å². The molecule has 0 aromatic carbocycles. The van der Waals surface area contributed by atoms with Crippen LogP contribution in [0.5, 0.6) is 0 Å². The lowest BCUT2D eigenvalue weighted by atomic mass is 10.1. The summed E-state index contributed by atoms with van der Waals surface area (Å²) in [6.45, 7) is 8.14. The number of pyridine rings is 1. The van der Waals surface area contributed by atoms with E-state index in [4.69, 9.17) is 12.2 Å². The Kier molecular flexibility index (Phi) is 6.93. The van der Waals surface area contributed by atoms with E-state index in [1.807, 2.05) is 12.1 Å². The van der Waals surface area contributed by atoms with Crippen molar-refractivity contribution in [2.45, 2.75) is 13.3 Å². The zero-order chi connectivity index (χ0) is 20.1. The Morgan fingerprint density at radius 2 is 2.04 bits per heavy atom. The minimum Gasteiger partial charge on any atom is -0.345 e. The van der Waals surface area contributed by atoms with Gasteiger partial charge in [-0.1, -0.05) is 0 Å². The molecule has 1 fully saturated rings. The molecule has 1 aromatic heterocycles. The van der Waals surface area contributed by atoms with Crippen molar-refractivity contribution in [1.29, 1.82) is 0 Å². The normalized spacial score (nSPS) is 19.1. The Hall–Kier alpha value is -2.10. The van der Waals surface area contributed by atoms with Crippen LogP contribution in [0.4, 0.5) is 5.69 Å². The van der Waals surface area contributed by atoms with Crippen molar-refractivity contribution < 1.29 is 4.79 Å². The van der Waals surface area contributed by atoms with Gasteiger partial charge in [-0.05, 0) is 38.4 Å². The van der Waals surface area contributed by atoms with Gasteiger partial charge in [0.2, 0.25) is 5.91 Å². The topological polar surface area (TPSA) is 67.3 Å². The number of amides is 1. The van der Waals surface area contributed by atoms with E-state index in [0.29, 0.717) is 18.1 Å². The molecule has 0 spiro atoms. The van der Waals surface area contributed by atoms with Gasteiger partial charge in [0.25, 0.3) is 0 Å². The molecule has 1 saturated heterocycles. The van der Waals surface area contributed by atoms with E-state index in [-0.39, 0.29) is 5.91 Å². The van der Waals surface area contributed by atoms with E-state index in [1.165, 1.54) is 0 Å². The van der Waals surface area contributed by atoms with Gasteiger partial charge in [-0.2, -0.15) is 5.10 Å². The largest absolute Gasteiger partial charge is 0.345 e. The van der Waals surface area contributed by atoms with Crippen molar-refractivity contribution in [2.24, 2.45) is 5.10 Å². The fraction of sp³-hybridized carbons (Fsp3) is 0.579. The third kappa shape index (κ3) is 5.03. The summed E-state index contributed by atoms with van der Waals surface area (Å²) in [6.07, 6.45) is 2.38. The highest BCUT2D eigenvalue weighted by Crippen LogP contribution is 2.25. The lowest BCUT2D eigenvalue weighted by Crippen LogP contribution is -2.52. The predicted octanol–water partition coefficient (Wildman–Crippen LogP) is 0.596. The maximum absolute atomic E-state index is 11.9. The maximum atomic E-state index is 11.9. The summed E-state index contributed by atoms with van der Waals surface area (Å²) in [5.74, 6) is 0.0175. The SMILES string of the molecule is CC(=O)N1CC/C(=N/NC(=S)N2CCN(CCN(C)C)CC2)c2ncccc21. The Balaban J connectivity index is 1.58. The molecule has 3 heterocycles. The summed E-state index contributed by atoms with van der Waals surface area (Å²) < 4.78 is 0. The first kappa shape index (κ1) is 20.6. The number of thiocarbonyl (C=S) groups is 1. The van der Waals surface area contributed by atoms with Gasteiger partial charge >= 0.3 is 0 Å². The second-order valence-corrected chi connectivity index (χ2v) is 7.79. The zero-order valence-electron chi connectivity index (χ0n) is 16.9. The van der Waals surface area contributed by atoms with E-state index in [9.17, 15) is 4.79 Å². The molecular formula is C19H29N7OS. The first-order valence-electron chi connectivity index (χ1n) is 9.68. The number of nitrogens with one attached hydrogen (secondary N) is 1. The van der Waals surface area contributed by atoms with Crippen molar-refractivity contribution >= 4 is 34.6 Å². The lowest BCUT2D eigenvalue weighted by molar-refractivity contribution is -0.116. The Morgan fingerprint density at radius 1 is 1.29 bits per heavy atom. The molecule has 0 saturated carbocycles. The Morgan fingerprint density at radius 3 is 2.71 bits per heavy atom. The average Bonchev–Trinajstić information content (AvgIpc) is 2.70. The fourth-order valence-electron chi connectivity index (χ4n) is 3.43. The average molecular weight is 404 g/mol. The lowest BCUT2D eigenvalue weighted by Gasteiger charge is -2.36. The van der Waals surface area contributed by atoms with Gasteiger partial charge in [0.1, 0.15) is 5.69 Å². The van der Waals surface area contributed by atoms with Crippen LogP contribution in [0.2, 0.25) is 0 Å². The van der Waals surface area contributed by atoms with Crippen LogP contribution < -0.4 is 10.3 Å². The first-order valence-corrected chi connectivity index (χ1v) is 10.1. The van der Waals surface area contributed by atoms with E-state index in [0.717, 1.165) is 56.4 Å². The molecule has 3 rings (SSSR count). The molecule has 1 amide bonds. The molecule has 0 bridgehead atoms. The van der Waals surface area contributed by atoms with Gasteiger partial charge in [0.05, 0.1) is 11.4 Å². The van der Waals surface area contributed by atoms with Gasteiger partial charge in [-0.15, -0.1) is 0 Å². The maximum Gasteiger partial charge on any atom is 0.223 e. The first-order chi connectivity index (χ1) is 13.5. The zero-order valence-corrected chi connectivity index (χ0v) is 17.7. The van der Waals surface area contributed by atoms with E-state index in [2.05, 4.69) is 44.3 Å². The van der Waals surface area contributed by atoms with Crippen LogP contribution in [0, 0.1) is 0 Å². The Labute approximate surface area is 172 Å². The van der Waals surface area contributed by atoms with E-state index < -0.39 is 0 Å². The second kappa shape index (κ2) is 9.40. The van der Waals surface area contributed by atoms with Gasteiger partial charge in [-0.3, -0.25) is 20.1 Å². The van der Waals surface area contributed by atoms with E-state index >= 15 is 0 Å². The quantitative estimate of drug-likeness (QED) is 0.583. The standard InChI is InChI=1S/C19H29N7OS/c1-15(27)26-8-6-16(18-17(26)5-4-7-20-18)21-22-19(28)25-13-11-24(12-14-25)10-9-23(2)3/h4-5,7H,6,8-14H2,1-3H3,(H,22,28)/b21-16-. The Bertz CT molecular complexity index is 744. The summed E-state index contributed by atoms with van der Waals surface area (Å²) in [5.41, 5.74) is 5.43. The molecule has 1 N–H and O–H groups in total. The van der Waals surface area contributed by atoms with Crippen molar-refractivity contribution in [2.75, 3.05) is 64.8 Å². The smallest absolute Gasteiger partial charge is 0.223 e. The number of carbonyl (C=O) groups is 1. The highest BCUT2D eigenvalue weighted by molar-refractivity contribution is 7.80. The van der Waals surface area contributed by atoms with Crippen molar-refractivity contribution in [3.05, 3.63) is 24.0 Å². The summed E-state index contributed by atoms with van der Waals surface area (Å²) >= 11 is 5.55. The van der Waals surface area contributed by atoms with Gasteiger partial charge < -0.3 is 14.7 Å². The highest BCUT2D eigenvalue weighted by Gasteiger charge is 2.25. The number of likely N-dealkylation sites (N-methyl/N-ethyl adjacent to an activating group) is 1. The van der Waals surface area contributed by atoms with Crippen LogP contribution in [0.3, 0.4) is 0 Å². The minimum atomic E-state index is 0.0175. The molecule has 2 aliphatic rings.